The number of rotatable bonds is 3. The molecule has 1 aliphatic heterocycles. The van der Waals surface area contributed by atoms with Crippen molar-refractivity contribution in [2.45, 2.75) is 19.4 Å². The van der Waals surface area contributed by atoms with Gasteiger partial charge in [0, 0.05) is 35.4 Å². The zero-order valence-electron chi connectivity index (χ0n) is 14.3. The maximum absolute atomic E-state index is 13.8. The van der Waals surface area contributed by atoms with Gasteiger partial charge in [0.2, 0.25) is 0 Å². The van der Waals surface area contributed by atoms with E-state index in [1.807, 2.05) is 6.07 Å². The van der Waals surface area contributed by atoms with Gasteiger partial charge in [-0.1, -0.05) is 6.08 Å². The molecule has 0 unspecified atom stereocenters. The van der Waals surface area contributed by atoms with Gasteiger partial charge in [0.05, 0.1) is 7.11 Å². The Balaban J connectivity index is 1.86. The number of fused-ring (bicyclic) bond motifs is 1. The highest BCUT2D eigenvalue weighted by atomic mass is 19.1. The lowest BCUT2D eigenvalue weighted by atomic mass is 9.99. The third kappa shape index (κ3) is 2.91. The van der Waals surface area contributed by atoms with Gasteiger partial charge in [-0.3, -0.25) is 0 Å². The molecule has 0 bridgehead atoms. The van der Waals surface area contributed by atoms with Gasteiger partial charge >= 0.3 is 0 Å². The van der Waals surface area contributed by atoms with E-state index in [1.165, 1.54) is 17.7 Å². The van der Waals surface area contributed by atoms with Crippen LogP contribution in [0.1, 0.15) is 19.0 Å². The van der Waals surface area contributed by atoms with Gasteiger partial charge in [-0.15, -0.1) is 0 Å². The topological polar surface area (TPSA) is 49.9 Å². The Kier molecular flexibility index (Phi) is 4.01. The Hall–Kier alpha value is -2.66. The highest BCUT2D eigenvalue weighted by Gasteiger charge is 2.17. The molecule has 128 valence electrons. The van der Waals surface area contributed by atoms with Crippen LogP contribution in [-0.2, 0) is 0 Å². The standard InChI is InChI=1S/C20H20FN3O/c1-12-9-13(5-7-22-12)18-11-17-15(6-8-23-20(17)24-18)16-10-14(21)3-4-19(16)25-2/h3-6,8,10-12,22H,7,9H2,1-2H3,(H,23,24)/t12-/m0/s1. The van der Waals surface area contributed by atoms with E-state index < -0.39 is 0 Å². The van der Waals surface area contributed by atoms with Crippen molar-refractivity contribution in [1.29, 1.82) is 0 Å². The van der Waals surface area contributed by atoms with Gasteiger partial charge in [-0.25, -0.2) is 9.37 Å². The fraction of sp³-hybridized carbons (Fsp3) is 0.250. The first kappa shape index (κ1) is 15.8. The second-order valence-electron chi connectivity index (χ2n) is 6.39. The van der Waals surface area contributed by atoms with Crippen LogP contribution < -0.4 is 10.1 Å². The summed E-state index contributed by atoms with van der Waals surface area (Å²) in [4.78, 5) is 7.85. The van der Waals surface area contributed by atoms with E-state index in [1.54, 1.807) is 19.4 Å². The Morgan fingerprint density at radius 1 is 1.20 bits per heavy atom. The molecule has 0 fully saturated rings. The quantitative estimate of drug-likeness (QED) is 0.755. The molecule has 4 nitrogen and oxygen atoms in total. The number of aromatic amines is 1. The number of H-pyrrole nitrogens is 1. The van der Waals surface area contributed by atoms with Gasteiger partial charge in [-0.05, 0) is 54.8 Å². The van der Waals surface area contributed by atoms with E-state index in [9.17, 15) is 4.39 Å². The van der Waals surface area contributed by atoms with Crippen molar-refractivity contribution in [2.24, 2.45) is 0 Å². The SMILES string of the molecule is COc1ccc(F)cc1-c1ccnc2[nH]c(C3=CCN[C@@H](C)C3)cc12. The molecule has 5 heteroatoms. The number of benzene rings is 1. The molecule has 3 aromatic rings. The number of nitrogens with one attached hydrogen (secondary N) is 2. The molecule has 1 atom stereocenters. The summed E-state index contributed by atoms with van der Waals surface area (Å²) in [5.74, 6) is 0.359. The van der Waals surface area contributed by atoms with E-state index in [4.69, 9.17) is 4.74 Å². The largest absolute Gasteiger partial charge is 0.496 e. The zero-order valence-corrected chi connectivity index (χ0v) is 14.3. The number of hydrogen-bond donors (Lipinski definition) is 2. The molecule has 2 aromatic heterocycles. The maximum atomic E-state index is 13.8. The van der Waals surface area contributed by atoms with Crippen molar-refractivity contribution in [2.75, 3.05) is 13.7 Å². The summed E-state index contributed by atoms with van der Waals surface area (Å²) in [5, 5.41) is 4.38. The normalized spacial score (nSPS) is 17.6. The first-order valence-corrected chi connectivity index (χ1v) is 8.40. The summed E-state index contributed by atoms with van der Waals surface area (Å²) in [6, 6.07) is 9.02. The van der Waals surface area contributed by atoms with Crippen LogP contribution in [0.5, 0.6) is 5.75 Å². The van der Waals surface area contributed by atoms with Crippen molar-refractivity contribution >= 4 is 16.6 Å². The number of ether oxygens (including phenoxy) is 1. The highest BCUT2D eigenvalue weighted by molar-refractivity contribution is 5.96. The van der Waals surface area contributed by atoms with Crippen molar-refractivity contribution in [1.82, 2.24) is 15.3 Å². The fourth-order valence-corrected chi connectivity index (χ4v) is 3.41. The summed E-state index contributed by atoms with van der Waals surface area (Å²) < 4.78 is 19.2. The third-order valence-electron chi connectivity index (χ3n) is 4.67. The predicted molar refractivity (Wildman–Crippen MR) is 98.1 cm³/mol. The molecule has 0 saturated heterocycles. The minimum atomic E-state index is -0.286. The molecule has 0 aliphatic carbocycles. The van der Waals surface area contributed by atoms with Crippen LogP contribution in [0, 0.1) is 5.82 Å². The summed E-state index contributed by atoms with van der Waals surface area (Å²) in [6.45, 7) is 3.04. The first-order valence-electron chi connectivity index (χ1n) is 8.40. The van der Waals surface area contributed by atoms with Gasteiger partial charge in [0.1, 0.15) is 17.2 Å². The molecule has 1 aromatic carbocycles. The van der Waals surface area contributed by atoms with E-state index in [0.29, 0.717) is 11.8 Å². The second kappa shape index (κ2) is 6.33. The average Bonchev–Trinajstić information content (AvgIpc) is 3.06. The third-order valence-corrected chi connectivity index (χ3v) is 4.67. The number of halogens is 1. The van der Waals surface area contributed by atoms with Crippen LogP contribution in [0.25, 0.3) is 27.7 Å². The van der Waals surface area contributed by atoms with Gasteiger partial charge in [-0.2, -0.15) is 0 Å². The lowest BCUT2D eigenvalue weighted by Crippen LogP contribution is -2.29. The van der Waals surface area contributed by atoms with Gasteiger partial charge in [0.15, 0.2) is 0 Å². The van der Waals surface area contributed by atoms with Crippen molar-refractivity contribution in [3.63, 3.8) is 0 Å². The molecule has 25 heavy (non-hydrogen) atoms. The second-order valence-corrected chi connectivity index (χ2v) is 6.39. The minimum absolute atomic E-state index is 0.286. The molecule has 4 rings (SSSR count). The van der Waals surface area contributed by atoms with Gasteiger partial charge in [0.25, 0.3) is 0 Å². The van der Waals surface area contributed by atoms with Crippen LogP contribution in [0.3, 0.4) is 0 Å². The summed E-state index contributed by atoms with van der Waals surface area (Å²) in [6.07, 6.45) is 4.90. The van der Waals surface area contributed by atoms with Crippen molar-refractivity contribution in [3.05, 3.63) is 54.1 Å². The lowest BCUT2D eigenvalue weighted by molar-refractivity contribution is 0.415. The van der Waals surface area contributed by atoms with E-state index in [0.717, 1.165) is 40.8 Å². The molecular weight excluding hydrogens is 317 g/mol. The summed E-state index contributed by atoms with van der Waals surface area (Å²) >= 11 is 0. The maximum Gasteiger partial charge on any atom is 0.138 e. The Bertz CT molecular complexity index is 961. The number of pyridine rings is 1. The molecular formula is C20H20FN3O. The summed E-state index contributed by atoms with van der Waals surface area (Å²) in [5.41, 5.74) is 4.78. The van der Waals surface area contributed by atoms with Crippen LogP contribution in [0.2, 0.25) is 0 Å². The van der Waals surface area contributed by atoms with Crippen LogP contribution in [0.15, 0.2) is 42.6 Å². The smallest absolute Gasteiger partial charge is 0.138 e. The van der Waals surface area contributed by atoms with E-state index in [-0.39, 0.29) is 5.82 Å². The lowest BCUT2D eigenvalue weighted by Gasteiger charge is -2.19. The van der Waals surface area contributed by atoms with Crippen LogP contribution >= 0.6 is 0 Å². The van der Waals surface area contributed by atoms with Gasteiger partial charge < -0.3 is 15.0 Å². The monoisotopic (exact) mass is 337 g/mol. The minimum Gasteiger partial charge on any atom is -0.496 e. The summed E-state index contributed by atoms with van der Waals surface area (Å²) in [7, 11) is 1.60. The number of nitrogens with zero attached hydrogens (tertiary/aromatic N) is 1. The fourth-order valence-electron chi connectivity index (χ4n) is 3.41. The molecule has 0 amide bonds. The Morgan fingerprint density at radius 3 is 2.88 bits per heavy atom. The molecule has 0 saturated carbocycles. The molecule has 3 heterocycles. The number of aromatic nitrogens is 2. The number of hydrogen-bond acceptors (Lipinski definition) is 3. The van der Waals surface area contributed by atoms with E-state index in [2.05, 4.69) is 34.4 Å². The van der Waals surface area contributed by atoms with Crippen molar-refractivity contribution in [3.8, 4) is 16.9 Å². The average molecular weight is 337 g/mol. The Morgan fingerprint density at radius 2 is 2.08 bits per heavy atom. The molecule has 1 aliphatic rings. The molecule has 0 radical (unpaired) electrons. The predicted octanol–water partition coefficient (Wildman–Crippen LogP) is 4.14. The van der Waals surface area contributed by atoms with Crippen LogP contribution in [-0.4, -0.2) is 29.7 Å². The molecule has 2 N–H and O–H groups in total. The Labute approximate surface area is 145 Å². The van der Waals surface area contributed by atoms with Crippen LogP contribution in [0.4, 0.5) is 4.39 Å². The first-order chi connectivity index (χ1) is 12.2. The van der Waals surface area contributed by atoms with Crippen molar-refractivity contribution < 1.29 is 9.13 Å². The number of methoxy groups -OCH3 is 1. The van der Waals surface area contributed by atoms with E-state index >= 15 is 0 Å². The highest BCUT2D eigenvalue weighted by Crippen LogP contribution is 2.36. The molecule has 0 spiro atoms. The zero-order chi connectivity index (χ0) is 17.4.